The molecule has 1 saturated heterocycles. The Morgan fingerprint density at radius 3 is 2.66 bits per heavy atom. The predicted molar refractivity (Wildman–Crippen MR) is 121 cm³/mol. The molecule has 11 heteroatoms. The van der Waals surface area contributed by atoms with Gasteiger partial charge in [0, 0.05) is 29.7 Å². The van der Waals surface area contributed by atoms with E-state index in [4.69, 9.17) is 23.2 Å². The van der Waals surface area contributed by atoms with Gasteiger partial charge in [-0.1, -0.05) is 29.3 Å². The van der Waals surface area contributed by atoms with Gasteiger partial charge in [0.15, 0.2) is 0 Å². The number of aromatic nitrogens is 3. The van der Waals surface area contributed by atoms with E-state index in [2.05, 4.69) is 15.4 Å². The number of nitrogens with one attached hydrogen (secondary N) is 1. The van der Waals surface area contributed by atoms with Gasteiger partial charge >= 0.3 is 0 Å². The van der Waals surface area contributed by atoms with Crippen molar-refractivity contribution in [3.8, 4) is 6.07 Å². The van der Waals surface area contributed by atoms with Crippen LogP contribution in [0.2, 0.25) is 10.0 Å². The van der Waals surface area contributed by atoms with E-state index in [0.717, 1.165) is 5.56 Å². The van der Waals surface area contributed by atoms with Crippen LogP contribution in [-0.4, -0.2) is 53.2 Å². The minimum absolute atomic E-state index is 0.109. The number of benzene rings is 2. The number of nitrogens with zero attached hydrogens (tertiary/aromatic N) is 5. The Balaban J connectivity index is 1.73. The highest BCUT2D eigenvalue weighted by atomic mass is 35.5. The Labute approximate surface area is 196 Å². The zero-order valence-corrected chi connectivity index (χ0v) is 19.3. The molecule has 1 fully saturated rings. The molecular formula is C21H20Cl2N6O2S. The Morgan fingerprint density at radius 2 is 1.97 bits per heavy atom. The van der Waals surface area contributed by atoms with Crippen LogP contribution in [0.15, 0.2) is 53.9 Å². The highest BCUT2D eigenvalue weighted by Gasteiger charge is 2.35. The molecule has 8 nitrogen and oxygen atoms in total. The van der Waals surface area contributed by atoms with Crippen LogP contribution in [0.1, 0.15) is 16.7 Å². The standard InChI is InChI=1S/C21H20Cl2N6O2S/c22-18-6-16(7-19(23)9-18)5-17-2-1-15(10-24)8-21(17)32(30,31)29-4-3-25-11-20(29)12-28-14-26-13-27-28/h1-2,6-9,13-14,20,25H,3-5,11-12H2. The van der Waals surface area contributed by atoms with Crippen molar-refractivity contribution in [2.24, 2.45) is 0 Å². The van der Waals surface area contributed by atoms with E-state index in [9.17, 15) is 13.7 Å². The maximum Gasteiger partial charge on any atom is 0.243 e. The van der Waals surface area contributed by atoms with Crippen molar-refractivity contribution in [1.82, 2.24) is 24.4 Å². The number of hydrogen-bond donors (Lipinski definition) is 1. The second kappa shape index (κ2) is 9.57. The molecule has 1 aliphatic rings. The summed E-state index contributed by atoms with van der Waals surface area (Å²) < 4.78 is 30.8. The van der Waals surface area contributed by atoms with Crippen molar-refractivity contribution in [3.63, 3.8) is 0 Å². The number of nitriles is 1. The molecule has 0 radical (unpaired) electrons. The van der Waals surface area contributed by atoms with Crippen molar-refractivity contribution in [1.29, 1.82) is 5.26 Å². The molecule has 32 heavy (non-hydrogen) atoms. The third-order valence-electron chi connectivity index (χ3n) is 5.26. The van der Waals surface area contributed by atoms with E-state index in [-0.39, 0.29) is 16.5 Å². The van der Waals surface area contributed by atoms with E-state index in [1.54, 1.807) is 41.3 Å². The predicted octanol–water partition coefficient (Wildman–Crippen LogP) is 2.71. The fourth-order valence-electron chi connectivity index (χ4n) is 3.83. The number of piperazine rings is 1. The highest BCUT2D eigenvalue weighted by molar-refractivity contribution is 7.89. The van der Waals surface area contributed by atoms with Gasteiger partial charge in [-0.25, -0.2) is 13.4 Å². The van der Waals surface area contributed by atoms with Crippen LogP contribution >= 0.6 is 23.2 Å². The monoisotopic (exact) mass is 490 g/mol. The lowest BCUT2D eigenvalue weighted by Gasteiger charge is -2.35. The second-order valence-electron chi connectivity index (χ2n) is 7.48. The first kappa shape index (κ1) is 22.7. The molecule has 1 N–H and O–H groups in total. The first-order chi connectivity index (χ1) is 15.4. The molecule has 0 saturated carbocycles. The molecule has 0 aliphatic carbocycles. The fourth-order valence-corrected chi connectivity index (χ4v) is 6.26. The second-order valence-corrected chi connectivity index (χ2v) is 10.2. The van der Waals surface area contributed by atoms with Gasteiger partial charge in [0.05, 0.1) is 29.1 Å². The average molecular weight is 491 g/mol. The van der Waals surface area contributed by atoms with Crippen LogP contribution < -0.4 is 5.32 Å². The highest BCUT2D eigenvalue weighted by Crippen LogP contribution is 2.28. The zero-order chi connectivity index (χ0) is 22.7. The number of rotatable bonds is 6. The van der Waals surface area contributed by atoms with E-state index in [1.807, 2.05) is 6.07 Å². The van der Waals surface area contributed by atoms with Gasteiger partial charge in [0.25, 0.3) is 0 Å². The van der Waals surface area contributed by atoms with Crippen molar-refractivity contribution in [3.05, 3.63) is 75.8 Å². The van der Waals surface area contributed by atoms with E-state index < -0.39 is 10.0 Å². The summed E-state index contributed by atoms with van der Waals surface area (Å²) >= 11 is 12.3. The van der Waals surface area contributed by atoms with Crippen LogP contribution in [0, 0.1) is 11.3 Å². The van der Waals surface area contributed by atoms with Gasteiger partial charge in [0.1, 0.15) is 12.7 Å². The van der Waals surface area contributed by atoms with Gasteiger partial charge in [0.2, 0.25) is 10.0 Å². The van der Waals surface area contributed by atoms with Gasteiger partial charge < -0.3 is 5.32 Å². The summed E-state index contributed by atoms with van der Waals surface area (Å²) in [5, 5.41) is 17.7. The molecule has 2 aromatic carbocycles. The molecule has 166 valence electrons. The van der Waals surface area contributed by atoms with E-state index in [0.29, 0.717) is 48.2 Å². The van der Waals surface area contributed by atoms with Crippen LogP contribution in [0.5, 0.6) is 0 Å². The molecule has 0 amide bonds. The first-order valence-corrected chi connectivity index (χ1v) is 12.1. The lowest BCUT2D eigenvalue weighted by molar-refractivity contribution is 0.238. The summed E-state index contributed by atoms with van der Waals surface area (Å²) in [6.45, 7) is 1.69. The van der Waals surface area contributed by atoms with E-state index >= 15 is 0 Å². The third kappa shape index (κ3) is 4.95. The quantitative estimate of drug-likeness (QED) is 0.569. The molecule has 2 heterocycles. The molecule has 0 bridgehead atoms. The minimum atomic E-state index is -3.90. The zero-order valence-electron chi connectivity index (χ0n) is 16.9. The lowest BCUT2D eigenvalue weighted by atomic mass is 10.0. The largest absolute Gasteiger partial charge is 0.314 e. The molecule has 4 rings (SSSR count). The Kier molecular flexibility index (Phi) is 6.79. The lowest BCUT2D eigenvalue weighted by Crippen LogP contribution is -2.55. The summed E-state index contributed by atoms with van der Waals surface area (Å²) in [5.41, 5.74) is 1.63. The van der Waals surface area contributed by atoms with Crippen LogP contribution in [0.3, 0.4) is 0 Å². The summed E-state index contributed by atoms with van der Waals surface area (Å²) in [5.74, 6) is 0. The van der Waals surface area contributed by atoms with Crippen LogP contribution in [-0.2, 0) is 23.0 Å². The number of halogens is 2. The SMILES string of the molecule is N#Cc1ccc(Cc2cc(Cl)cc(Cl)c2)c(S(=O)(=O)N2CCNCC2Cn2cncn2)c1. The van der Waals surface area contributed by atoms with Crippen molar-refractivity contribution >= 4 is 33.2 Å². The molecule has 1 atom stereocenters. The fraction of sp³-hybridized carbons (Fsp3) is 0.286. The first-order valence-electron chi connectivity index (χ1n) is 9.90. The van der Waals surface area contributed by atoms with Crippen molar-refractivity contribution in [2.75, 3.05) is 19.6 Å². The average Bonchev–Trinajstić information content (AvgIpc) is 3.26. The number of hydrogen-bond acceptors (Lipinski definition) is 6. The van der Waals surface area contributed by atoms with E-state index in [1.165, 1.54) is 16.7 Å². The Bertz CT molecular complexity index is 1240. The van der Waals surface area contributed by atoms with Gasteiger partial charge in [-0.2, -0.15) is 14.7 Å². The molecule has 1 aliphatic heterocycles. The maximum absolute atomic E-state index is 13.8. The molecular weight excluding hydrogens is 471 g/mol. The molecule has 0 spiro atoms. The molecule has 1 aromatic heterocycles. The van der Waals surface area contributed by atoms with Crippen LogP contribution in [0.4, 0.5) is 0 Å². The molecule has 3 aromatic rings. The number of sulfonamides is 1. The van der Waals surface area contributed by atoms with Crippen molar-refractivity contribution < 1.29 is 8.42 Å². The smallest absolute Gasteiger partial charge is 0.243 e. The van der Waals surface area contributed by atoms with Crippen LogP contribution in [0.25, 0.3) is 0 Å². The van der Waals surface area contributed by atoms with Crippen molar-refractivity contribution in [2.45, 2.75) is 23.9 Å². The third-order valence-corrected chi connectivity index (χ3v) is 7.73. The Hall–Kier alpha value is -2.48. The summed E-state index contributed by atoms with van der Waals surface area (Å²) in [7, 11) is -3.90. The normalized spacial score (nSPS) is 17.2. The van der Waals surface area contributed by atoms with Gasteiger partial charge in [-0.3, -0.25) is 4.68 Å². The maximum atomic E-state index is 13.8. The summed E-state index contributed by atoms with van der Waals surface area (Å²) in [4.78, 5) is 4.05. The minimum Gasteiger partial charge on any atom is -0.314 e. The van der Waals surface area contributed by atoms with Gasteiger partial charge in [-0.05, 0) is 47.9 Å². The summed E-state index contributed by atoms with van der Waals surface area (Å²) in [6, 6.07) is 11.5. The topological polar surface area (TPSA) is 104 Å². The van der Waals surface area contributed by atoms with Gasteiger partial charge in [-0.15, -0.1) is 0 Å². The Morgan fingerprint density at radius 1 is 1.19 bits per heavy atom. The molecule has 1 unspecified atom stereocenters. The summed E-state index contributed by atoms with van der Waals surface area (Å²) in [6.07, 6.45) is 3.28.